The summed E-state index contributed by atoms with van der Waals surface area (Å²) in [7, 11) is 0. The highest BCUT2D eigenvalue weighted by atomic mass is 35.5. The van der Waals surface area contributed by atoms with Gasteiger partial charge in [-0.25, -0.2) is 0 Å². The molecule has 1 aromatic carbocycles. The number of hydrogen-bond acceptors (Lipinski definition) is 2. The third-order valence-corrected chi connectivity index (χ3v) is 3.38. The van der Waals surface area contributed by atoms with Gasteiger partial charge in [0.2, 0.25) is 0 Å². The lowest BCUT2D eigenvalue weighted by Crippen LogP contribution is -2.22. The number of nitrogens with one attached hydrogen (secondary N) is 1. The molecule has 0 amide bonds. The van der Waals surface area contributed by atoms with Crippen molar-refractivity contribution in [2.75, 3.05) is 6.54 Å². The van der Waals surface area contributed by atoms with Gasteiger partial charge in [0, 0.05) is 15.6 Å². The third-order valence-electron chi connectivity index (χ3n) is 2.73. The summed E-state index contributed by atoms with van der Waals surface area (Å²) in [4.78, 5) is 0. The average Bonchev–Trinajstić information content (AvgIpc) is 3.06. The van der Waals surface area contributed by atoms with Gasteiger partial charge in [-0.05, 0) is 37.4 Å². The molecule has 0 spiro atoms. The van der Waals surface area contributed by atoms with E-state index in [1.54, 1.807) is 18.2 Å². The van der Waals surface area contributed by atoms with E-state index in [0.717, 1.165) is 12.5 Å². The average molecular weight is 255 g/mol. The summed E-state index contributed by atoms with van der Waals surface area (Å²) in [6.45, 7) is 0.861. The van der Waals surface area contributed by atoms with E-state index in [9.17, 15) is 0 Å². The van der Waals surface area contributed by atoms with Crippen LogP contribution >= 0.6 is 23.2 Å². The Balaban J connectivity index is 2.15. The lowest BCUT2D eigenvalue weighted by atomic mass is 10.1. The van der Waals surface area contributed by atoms with E-state index in [1.165, 1.54) is 12.8 Å². The Hall–Kier alpha value is -0.750. The van der Waals surface area contributed by atoms with Crippen LogP contribution in [0.25, 0.3) is 0 Å². The molecule has 0 bridgehead atoms. The van der Waals surface area contributed by atoms with Gasteiger partial charge >= 0.3 is 0 Å². The smallest absolute Gasteiger partial charge is 0.124 e. The molecule has 0 heterocycles. The largest absolute Gasteiger partial charge is 0.298 e. The maximum atomic E-state index is 9.13. The first-order valence-electron chi connectivity index (χ1n) is 5.29. The molecule has 0 aromatic heterocycles. The Bertz CT molecular complexity index is 401. The summed E-state index contributed by atoms with van der Waals surface area (Å²) >= 11 is 12.1. The number of hydrogen-bond donors (Lipinski definition) is 1. The predicted molar refractivity (Wildman–Crippen MR) is 65.5 cm³/mol. The topological polar surface area (TPSA) is 35.8 Å². The van der Waals surface area contributed by atoms with Crippen molar-refractivity contribution in [2.45, 2.75) is 18.9 Å². The normalized spacial score (nSPS) is 16.8. The van der Waals surface area contributed by atoms with E-state index in [0.29, 0.717) is 15.6 Å². The summed E-state index contributed by atoms with van der Waals surface area (Å²) < 4.78 is 0. The van der Waals surface area contributed by atoms with Crippen LogP contribution in [0, 0.1) is 17.2 Å². The maximum absolute atomic E-state index is 9.13. The van der Waals surface area contributed by atoms with Crippen molar-refractivity contribution in [1.29, 1.82) is 5.26 Å². The van der Waals surface area contributed by atoms with Crippen molar-refractivity contribution < 1.29 is 0 Å². The van der Waals surface area contributed by atoms with Gasteiger partial charge in [0.1, 0.15) is 6.04 Å². The molecular formula is C12H12Cl2N2. The lowest BCUT2D eigenvalue weighted by molar-refractivity contribution is 0.593. The molecule has 0 aliphatic heterocycles. The number of halogens is 2. The molecular weight excluding hydrogens is 243 g/mol. The summed E-state index contributed by atoms with van der Waals surface area (Å²) in [6, 6.07) is 7.08. The number of nitrogens with zero attached hydrogens (tertiary/aromatic N) is 1. The monoisotopic (exact) mass is 254 g/mol. The quantitative estimate of drug-likeness (QED) is 0.892. The van der Waals surface area contributed by atoms with Crippen LogP contribution in [0.5, 0.6) is 0 Å². The molecule has 1 fully saturated rings. The van der Waals surface area contributed by atoms with Gasteiger partial charge in [-0.3, -0.25) is 5.32 Å². The fourth-order valence-electron chi connectivity index (χ4n) is 1.61. The van der Waals surface area contributed by atoms with Crippen LogP contribution < -0.4 is 5.32 Å². The Labute approximate surface area is 105 Å². The fourth-order valence-corrected chi connectivity index (χ4v) is 2.22. The van der Waals surface area contributed by atoms with E-state index >= 15 is 0 Å². The summed E-state index contributed by atoms with van der Waals surface area (Å²) in [5, 5.41) is 13.4. The van der Waals surface area contributed by atoms with Crippen LogP contribution in [0.3, 0.4) is 0 Å². The minimum absolute atomic E-state index is 0.415. The Kier molecular flexibility index (Phi) is 3.70. The summed E-state index contributed by atoms with van der Waals surface area (Å²) in [6.07, 6.45) is 2.50. The molecule has 1 aliphatic rings. The molecule has 2 nitrogen and oxygen atoms in total. The van der Waals surface area contributed by atoms with Crippen molar-refractivity contribution in [2.24, 2.45) is 5.92 Å². The standard InChI is InChI=1S/C12H12Cl2N2/c13-9-2-1-3-10(14)12(9)11(6-15)16-7-8-4-5-8/h1-3,8,11,16H,4-5,7H2. The minimum atomic E-state index is -0.415. The second-order valence-electron chi connectivity index (χ2n) is 4.05. The molecule has 16 heavy (non-hydrogen) atoms. The van der Waals surface area contributed by atoms with E-state index in [4.69, 9.17) is 28.5 Å². The van der Waals surface area contributed by atoms with Crippen LogP contribution in [0.1, 0.15) is 24.4 Å². The number of nitriles is 1. The maximum Gasteiger partial charge on any atom is 0.124 e. The Morgan fingerprint density at radius 2 is 2.00 bits per heavy atom. The van der Waals surface area contributed by atoms with Gasteiger partial charge < -0.3 is 0 Å². The van der Waals surface area contributed by atoms with Gasteiger partial charge in [0.05, 0.1) is 6.07 Å². The van der Waals surface area contributed by atoms with Crippen molar-refractivity contribution >= 4 is 23.2 Å². The van der Waals surface area contributed by atoms with Crippen molar-refractivity contribution in [3.05, 3.63) is 33.8 Å². The van der Waals surface area contributed by atoms with Crippen LogP contribution in [0.4, 0.5) is 0 Å². The first-order chi connectivity index (χ1) is 7.72. The predicted octanol–water partition coefficient (Wildman–Crippen LogP) is 3.56. The Morgan fingerprint density at radius 1 is 1.38 bits per heavy atom. The van der Waals surface area contributed by atoms with Gasteiger partial charge in [0.25, 0.3) is 0 Å². The highest BCUT2D eigenvalue weighted by Gasteiger charge is 2.24. The highest BCUT2D eigenvalue weighted by molar-refractivity contribution is 6.36. The number of rotatable bonds is 4. The lowest BCUT2D eigenvalue weighted by Gasteiger charge is -2.14. The molecule has 1 atom stereocenters. The van der Waals surface area contributed by atoms with Crippen molar-refractivity contribution in [3.63, 3.8) is 0 Å². The highest BCUT2D eigenvalue weighted by Crippen LogP contribution is 2.32. The summed E-state index contributed by atoms with van der Waals surface area (Å²) in [5.74, 6) is 0.720. The van der Waals surface area contributed by atoms with Gasteiger partial charge in [-0.2, -0.15) is 5.26 Å². The fraction of sp³-hybridized carbons (Fsp3) is 0.417. The first kappa shape index (κ1) is 11.7. The summed E-state index contributed by atoms with van der Waals surface area (Å²) in [5.41, 5.74) is 0.689. The molecule has 0 saturated heterocycles. The SMILES string of the molecule is N#CC(NCC1CC1)c1c(Cl)cccc1Cl. The Morgan fingerprint density at radius 3 is 2.50 bits per heavy atom. The van der Waals surface area contributed by atoms with Crippen LogP contribution in [0.2, 0.25) is 10.0 Å². The molecule has 1 saturated carbocycles. The van der Waals surface area contributed by atoms with Gasteiger partial charge in [-0.15, -0.1) is 0 Å². The van der Waals surface area contributed by atoms with E-state index in [1.807, 2.05) is 0 Å². The minimum Gasteiger partial charge on any atom is -0.298 e. The molecule has 1 N–H and O–H groups in total. The van der Waals surface area contributed by atoms with Crippen LogP contribution in [-0.4, -0.2) is 6.54 Å². The second-order valence-corrected chi connectivity index (χ2v) is 4.86. The van der Waals surface area contributed by atoms with Gasteiger partial charge in [0.15, 0.2) is 0 Å². The zero-order chi connectivity index (χ0) is 11.5. The molecule has 1 aliphatic carbocycles. The molecule has 84 valence electrons. The second kappa shape index (κ2) is 5.05. The first-order valence-corrected chi connectivity index (χ1v) is 6.05. The molecule has 1 aromatic rings. The zero-order valence-electron chi connectivity index (χ0n) is 8.71. The van der Waals surface area contributed by atoms with Crippen molar-refractivity contribution in [1.82, 2.24) is 5.32 Å². The zero-order valence-corrected chi connectivity index (χ0v) is 10.2. The third kappa shape index (κ3) is 2.68. The number of benzene rings is 1. The van der Waals surface area contributed by atoms with Gasteiger partial charge in [-0.1, -0.05) is 29.3 Å². The molecule has 2 rings (SSSR count). The molecule has 0 radical (unpaired) electrons. The van der Waals surface area contributed by atoms with E-state index < -0.39 is 6.04 Å². The molecule has 1 unspecified atom stereocenters. The van der Waals surface area contributed by atoms with Crippen molar-refractivity contribution in [3.8, 4) is 6.07 Å². The van der Waals surface area contributed by atoms with Crippen LogP contribution in [0.15, 0.2) is 18.2 Å². The van der Waals surface area contributed by atoms with Crippen LogP contribution in [-0.2, 0) is 0 Å². The van der Waals surface area contributed by atoms with E-state index in [-0.39, 0.29) is 0 Å². The van der Waals surface area contributed by atoms with E-state index in [2.05, 4.69) is 11.4 Å². The molecule has 4 heteroatoms.